The van der Waals surface area contributed by atoms with Crippen LogP contribution in [0.3, 0.4) is 0 Å². The lowest BCUT2D eigenvalue weighted by molar-refractivity contribution is -0.0146. The van der Waals surface area contributed by atoms with E-state index in [1.54, 1.807) is 4.90 Å². The molecule has 7 heteroatoms. The standard InChI is InChI=1S/C20H36N2O4Si/c1-8-9-16-17-11-10-15(22(17)19(24)26-20(2,3)4)14-21(16)18(23)25-12-13-27(5,6)7/h8-9,15-17H,10-14H2,1-7H3/b9-8-/t15-,16-,17+/m1/s1. The maximum Gasteiger partial charge on any atom is 0.410 e. The number of amides is 2. The number of hydrogen-bond donors (Lipinski definition) is 0. The summed E-state index contributed by atoms with van der Waals surface area (Å²) in [5.41, 5.74) is -0.528. The van der Waals surface area contributed by atoms with Crippen molar-refractivity contribution in [3.63, 3.8) is 0 Å². The molecular formula is C20H36N2O4Si. The molecule has 2 heterocycles. The van der Waals surface area contributed by atoms with Crippen molar-refractivity contribution in [2.24, 2.45) is 0 Å². The van der Waals surface area contributed by atoms with Crippen LogP contribution in [0.15, 0.2) is 12.2 Å². The number of carbonyl (C=O) groups excluding carboxylic acids is 2. The molecule has 2 aliphatic heterocycles. The third-order valence-electron chi connectivity index (χ3n) is 5.01. The first-order valence-electron chi connectivity index (χ1n) is 10.0. The number of rotatable bonds is 4. The van der Waals surface area contributed by atoms with Crippen LogP contribution >= 0.6 is 0 Å². The fraction of sp³-hybridized carbons (Fsp3) is 0.800. The summed E-state index contributed by atoms with van der Waals surface area (Å²) in [7, 11) is -1.25. The van der Waals surface area contributed by atoms with Crippen molar-refractivity contribution in [3.8, 4) is 0 Å². The molecule has 154 valence electrons. The molecule has 0 aromatic heterocycles. The minimum atomic E-state index is -1.25. The van der Waals surface area contributed by atoms with Crippen LogP contribution in [0.5, 0.6) is 0 Å². The predicted molar refractivity (Wildman–Crippen MR) is 110 cm³/mol. The molecule has 0 radical (unpaired) electrons. The topological polar surface area (TPSA) is 59.1 Å². The van der Waals surface area contributed by atoms with Crippen molar-refractivity contribution in [1.82, 2.24) is 9.80 Å². The summed E-state index contributed by atoms with van der Waals surface area (Å²) < 4.78 is 11.2. The molecule has 6 nitrogen and oxygen atoms in total. The van der Waals surface area contributed by atoms with Gasteiger partial charge in [0.25, 0.3) is 0 Å². The van der Waals surface area contributed by atoms with E-state index < -0.39 is 13.7 Å². The molecule has 2 bridgehead atoms. The van der Waals surface area contributed by atoms with Crippen LogP contribution in [0.2, 0.25) is 25.7 Å². The average Bonchev–Trinajstić information content (AvgIpc) is 2.83. The summed E-state index contributed by atoms with van der Waals surface area (Å²) in [5, 5.41) is 0. The average molecular weight is 397 g/mol. The van der Waals surface area contributed by atoms with Gasteiger partial charge in [0.1, 0.15) is 5.60 Å². The summed E-state index contributed by atoms with van der Waals surface area (Å²) in [6.45, 7) is 15.3. The Bertz CT molecular complexity index is 580. The molecule has 2 aliphatic rings. The zero-order valence-corrected chi connectivity index (χ0v) is 18.9. The Labute approximate surface area is 164 Å². The van der Waals surface area contributed by atoms with Gasteiger partial charge in [0.2, 0.25) is 0 Å². The van der Waals surface area contributed by atoms with E-state index in [1.165, 1.54) is 0 Å². The van der Waals surface area contributed by atoms with Gasteiger partial charge < -0.3 is 9.47 Å². The van der Waals surface area contributed by atoms with Crippen molar-refractivity contribution in [1.29, 1.82) is 0 Å². The zero-order chi connectivity index (χ0) is 20.4. The van der Waals surface area contributed by atoms with Crippen LogP contribution in [-0.4, -0.2) is 66.9 Å². The number of likely N-dealkylation sites (tertiary alicyclic amines) is 1. The SMILES string of the molecule is C/C=C\[C@@H]1[C@@H]2CC[C@H](CN1C(=O)OCC[Si](C)(C)C)N2C(=O)OC(C)(C)C. The Kier molecular flexibility index (Phi) is 6.66. The van der Waals surface area contributed by atoms with E-state index in [0.29, 0.717) is 13.2 Å². The second-order valence-corrected chi connectivity index (χ2v) is 15.4. The maximum atomic E-state index is 12.7. The van der Waals surface area contributed by atoms with Gasteiger partial charge in [-0.2, -0.15) is 0 Å². The van der Waals surface area contributed by atoms with Crippen LogP contribution in [0, 0.1) is 0 Å². The molecule has 2 amide bonds. The molecule has 2 rings (SSSR count). The van der Waals surface area contributed by atoms with E-state index in [-0.39, 0.29) is 30.3 Å². The zero-order valence-electron chi connectivity index (χ0n) is 17.9. The Balaban J connectivity index is 2.10. The Morgan fingerprint density at radius 3 is 2.37 bits per heavy atom. The van der Waals surface area contributed by atoms with E-state index in [2.05, 4.69) is 19.6 Å². The van der Waals surface area contributed by atoms with Crippen molar-refractivity contribution in [3.05, 3.63) is 12.2 Å². The second-order valence-electron chi connectivity index (χ2n) is 9.78. The number of ether oxygens (including phenoxy) is 2. The molecule has 2 saturated heterocycles. The molecule has 0 spiro atoms. The molecule has 0 saturated carbocycles. The van der Waals surface area contributed by atoms with E-state index in [1.807, 2.05) is 44.7 Å². The number of carbonyl (C=O) groups is 2. The minimum Gasteiger partial charge on any atom is -0.450 e. The summed E-state index contributed by atoms with van der Waals surface area (Å²) in [6, 6.07) is 0.730. The van der Waals surface area contributed by atoms with Crippen molar-refractivity contribution in [2.75, 3.05) is 13.2 Å². The van der Waals surface area contributed by atoms with Gasteiger partial charge in [-0.1, -0.05) is 31.8 Å². The molecule has 27 heavy (non-hydrogen) atoms. The first kappa shape index (κ1) is 21.8. The van der Waals surface area contributed by atoms with Gasteiger partial charge in [-0.15, -0.1) is 0 Å². The van der Waals surface area contributed by atoms with Crippen LogP contribution in [0.1, 0.15) is 40.5 Å². The fourth-order valence-corrected chi connectivity index (χ4v) is 4.45. The maximum absolute atomic E-state index is 12.7. The quantitative estimate of drug-likeness (QED) is 0.519. The molecule has 0 N–H and O–H groups in total. The van der Waals surface area contributed by atoms with Gasteiger partial charge in [0.15, 0.2) is 0 Å². The highest BCUT2D eigenvalue weighted by Gasteiger charge is 2.50. The van der Waals surface area contributed by atoms with Crippen LogP contribution in [-0.2, 0) is 9.47 Å². The third-order valence-corrected chi connectivity index (χ3v) is 6.72. The molecular weight excluding hydrogens is 360 g/mol. The Hall–Kier alpha value is -1.50. The van der Waals surface area contributed by atoms with Gasteiger partial charge in [-0.3, -0.25) is 9.80 Å². The van der Waals surface area contributed by atoms with Crippen LogP contribution < -0.4 is 0 Å². The number of fused-ring (bicyclic) bond motifs is 2. The van der Waals surface area contributed by atoms with Crippen LogP contribution in [0.25, 0.3) is 0 Å². The van der Waals surface area contributed by atoms with Crippen molar-refractivity contribution in [2.45, 2.75) is 89.9 Å². The predicted octanol–water partition coefficient (Wildman–Crippen LogP) is 4.49. The molecule has 3 atom stereocenters. The summed E-state index contributed by atoms with van der Waals surface area (Å²) in [6.07, 6.45) is 5.16. The molecule has 2 fully saturated rings. The summed E-state index contributed by atoms with van der Waals surface area (Å²) in [5.74, 6) is 0. The van der Waals surface area contributed by atoms with Crippen molar-refractivity contribution >= 4 is 20.3 Å². The van der Waals surface area contributed by atoms with Gasteiger partial charge in [0.05, 0.1) is 24.7 Å². The Morgan fingerprint density at radius 1 is 1.15 bits per heavy atom. The lowest BCUT2D eigenvalue weighted by atomic mass is 10.0. The largest absolute Gasteiger partial charge is 0.450 e. The van der Waals surface area contributed by atoms with Crippen LogP contribution in [0.4, 0.5) is 9.59 Å². The van der Waals surface area contributed by atoms with E-state index in [4.69, 9.17) is 9.47 Å². The van der Waals surface area contributed by atoms with E-state index >= 15 is 0 Å². The fourth-order valence-electron chi connectivity index (χ4n) is 3.74. The van der Waals surface area contributed by atoms with E-state index in [9.17, 15) is 9.59 Å². The smallest absolute Gasteiger partial charge is 0.410 e. The first-order valence-corrected chi connectivity index (χ1v) is 13.7. The normalized spacial score (nSPS) is 25.8. The monoisotopic (exact) mass is 396 g/mol. The Morgan fingerprint density at radius 2 is 1.81 bits per heavy atom. The summed E-state index contributed by atoms with van der Waals surface area (Å²) in [4.78, 5) is 29.1. The third kappa shape index (κ3) is 5.73. The van der Waals surface area contributed by atoms with Gasteiger partial charge in [-0.25, -0.2) is 9.59 Å². The van der Waals surface area contributed by atoms with E-state index in [0.717, 1.165) is 18.9 Å². The summed E-state index contributed by atoms with van der Waals surface area (Å²) >= 11 is 0. The van der Waals surface area contributed by atoms with Crippen molar-refractivity contribution < 1.29 is 19.1 Å². The lowest BCUT2D eigenvalue weighted by Crippen LogP contribution is -2.62. The van der Waals surface area contributed by atoms with Gasteiger partial charge in [0, 0.05) is 14.6 Å². The number of hydrogen-bond acceptors (Lipinski definition) is 4. The molecule has 0 unspecified atom stereocenters. The second kappa shape index (κ2) is 8.25. The van der Waals surface area contributed by atoms with Gasteiger partial charge >= 0.3 is 12.2 Å². The molecule has 0 aliphatic carbocycles. The number of piperazine rings is 1. The molecule has 0 aromatic carbocycles. The highest BCUT2D eigenvalue weighted by Crippen LogP contribution is 2.36. The minimum absolute atomic E-state index is 0.00380. The van der Waals surface area contributed by atoms with Gasteiger partial charge in [-0.05, 0) is 46.6 Å². The number of allylic oxidation sites excluding steroid dienone is 1. The first-order chi connectivity index (χ1) is 12.4. The lowest BCUT2D eigenvalue weighted by Gasteiger charge is -2.45. The molecule has 0 aromatic rings. The highest BCUT2D eigenvalue weighted by atomic mass is 28.3. The highest BCUT2D eigenvalue weighted by molar-refractivity contribution is 6.76. The number of nitrogens with zero attached hydrogens (tertiary/aromatic N) is 2.